The molecule has 0 aromatic carbocycles. The van der Waals surface area contributed by atoms with Gasteiger partial charge in [-0.1, -0.05) is 11.8 Å². The molecule has 0 radical (unpaired) electrons. The number of aromatic nitrogens is 2. The highest BCUT2D eigenvalue weighted by Crippen LogP contribution is 2.15. The minimum absolute atomic E-state index is 0.176. The molecule has 1 amide bonds. The van der Waals surface area contributed by atoms with Crippen LogP contribution in [0.2, 0.25) is 0 Å². The zero-order valence-electron chi connectivity index (χ0n) is 9.96. The molecule has 19 heavy (non-hydrogen) atoms. The predicted molar refractivity (Wildman–Crippen MR) is 71.5 cm³/mol. The van der Waals surface area contributed by atoms with Crippen molar-refractivity contribution in [1.82, 2.24) is 15.5 Å². The van der Waals surface area contributed by atoms with Gasteiger partial charge in [0.15, 0.2) is 0 Å². The van der Waals surface area contributed by atoms with E-state index in [9.17, 15) is 4.79 Å². The van der Waals surface area contributed by atoms with Crippen molar-refractivity contribution in [2.24, 2.45) is 0 Å². The van der Waals surface area contributed by atoms with Gasteiger partial charge in [-0.05, 0) is 17.5 Å². The van der Waals surface area contributed by atoms with Gasteiger partial charge in [0.1, 0.15) is 6.61 Å². The van der Waals surface area contributed by atoms with E-state index in [2.05, 4.69) is 27.4 Å². The number of thiophene rings is 1. The van der Waals surface area contributed by atoms with Crippen molar-refractivity contribution >= 4 is 17.2 Å². The Balaban J connectivity index is 2.00. The number of carbonyl (C=O) groups excluding carboxylic acids is 1. The van der Waals surface area contributed by atoms with Crippen LogP contribution in [0.3, 0.4) is 0 Å². The molecule has 0 bridgehead atoms. The zero-order chi connectivity index (χ0) is 13.5. The molecule has 2 aromatic rings. The average Bonchev–Trinajstić information content (AvgIpc) is 2.91. The summed E-state index contributed by atoms with van der Waals surface area (Å²) in [6, 6.07) is 3.46. The molecule has 0 spiro atoms. The Bertz CT molecular complexity index is 614. The Morgan fingerprint density at radius 3 is 3.05 bits per heavy atom. The second-order valence-electron chi connectivity index (χ2n) is 3.53. The molecular weight excluding hydrogens is 262 g/mol. The Labute approximate surface area is 114 Å². The van der Waals surface area contributed by atoms with E-state index in [1.165, 1.54) is 23.7 Å². The zero-order valence-corrected chi connectivity index (χ0v) is 10.8. The summed E-state index contributed by atoms with van der Waals surface area (Å²) in [4.78, 5) is 12.8. The second kappa shape index (κ2) is 6.64. The number of aliphatic hydroxyl groups is 1. The number of rotatable bonds is 3. The molecule has 0 unspecified atom stereocenters. The molecule has 2 aromatic heterocycles. The van der Waals surface area contributed by atoms with E-state index >= 15 is 0 Å². The first kappa shape index (κ1) is 13.2. The van der Waals surface area contributed by atoms with Crippen molar-refractivity contribution in [3.05, 3.63) is 45.9 Å². The topological polar surface area (TPSA) is 75.1 Å². The average molecular weight is 273 g/mol. The normalized spacial score (nSPS) is 9.53. The van der Waals surface area contributed by atoms with Gasteiger partial charge in [-0.25, -0.2) is 0 Å². The van der Waals surface area contributed by atoms with Crippen molar-refractivity contribution in [3.8, 4) is 11.8 Å². The maximum absolute atomic E-state index is 11.8. The minimum atomic E-state index is -0.204. The van der Waals surface area contributed by atoms with Crippen LogP contribution in [0.25, 0.3) is 0 Å². The molecule has 0 aliphatic heterocycles. The van der Waals surface area contributed by atoms with E-state index in [-0.39, 0.29) is 12.5 Å². The largest absolute Gasteiger partial charge is 0.384 e. The summed E-state index contributed by atoms with van der Waals surface area (Å²) in [5, 5.41) is 20.6. The van der Waals surface area contributed by atoms with Crippen LogP contribution in [0.5, 0.6) is 0 Å². The van der Waals surface area contributed by atoms with Crippen LogP contribution >= 0.6 is 11.3 Å². The monoisotopic (exact) mass is 273 g/mol. The van der Waals surface area contributed by atoms with E-state index in [1.54, 1.807) is 6.07 Å². The van der Waals surface area contributed by atoms with E-state index in [4.69, 9.17) is 5.11 Å². The Morgan fingerprint density at radius 2 is 2.32 bits per heavy atom. The van der Waals surface area contributed by atoms with Crippen LogP contribution in [0, 0.1) is 11.8 Å². The first-order valence-electron chi connectivity index (χ1n) is 5.52. The summed E-state index contributed by atoms with van der Waals surface area (Å²) >= 11 is 1.51. The Hall–Kier alpha value is -2.23. The molecule has 2 heterocycles. The highest BCUT2D eigenvalue weighted by Gasteiger charge is 2.07. The number of amides is 1. The van der Waals surface area contributed by atoms with Crippen molar-refractivity contribution < 1.29 is 9.90 Å². The molecule has 96 valence electrons. The van der Waals surface area contributed by atoms with Crippen LogP contribution in [-0.4, -0.2) is 27.8 Å². The van der Waals surface area contributed by atoms with Gasteiger partial charge in [-0.2, -0.15) is 10.2 Å². The number of carbonyl (C=O) groups is 1. The maximum atomic E-state index is 11.8. The number of nitrogens with one attached hydrogen (secondary N) is 1. The fraction of sp³-hybridized carbons (Fsp3) is 0.154. The summed E-state index contributed by atoms with van der Waals surface area (Å²) < 4.78 is 0. The summed E-state index contributed by atoms with van der Waals surface area (Å²) in [7, 11) is 0. The number of aliphatic hydroxyl groups excluding tert-OH is 1. The van der Waals surface area contributed by atoms with Gasteiger partial charge in [0.25, 0.3) is 5.91 Å². The van der Waals surface area contributed by atoms with Gasteiger partial charge >= 0.3 is 0 Å². The molecule has 5 nitrogen and oxygen atoms in total. The van der Waals surface area contributed by atoms with Crippen molar-refractivity contribution in [1.29, 1.82) is 0 Å². The quantitative estimate of drug-likeness (QED) is 0.812. The molecule has 0 atom stereocenters. The van der Waals surface area contributed by atoms with Crippen LogP contribution in [0.4, 0.5) is 0 Å². The molecule has 0 saturated carbocycles. The second-order valence-corrected chi connectivity index (χ2v) is 4.53. The fourth-order valence-corrected chi connectivity index (χ4v) is 2.18. The minimum Gasteiger partial charge on any atom is -0.384 e. The highest BCUT2D eigenvalue weighted by molar-refractivity contribution is 7.10. The first-order valence-corrected chi connectivity index (χ1v) is 6.40. The molecule has 2 rings (SSSR count). The number of hydrogen-bond donors (Lipinski definition) is 2. The van der Waals surface area contributed by atoms with Crippen LogP contribution in [-0.2, 0) is 6.54 Å². The smallest absolute Gasteiger partial charge is 0.253 e. The summed E-state index contributed by atoms with van der Waals surface area (Å²) in [5.41, 5.74) is 1.29. The van der Waals surface area contributed by atoms with Crippen molar-refractivity contribution in [2.75, 3.05) is 6.61 Å². The SMILES string of the molecule is O=C(NCc1sccc1C#CCO)c1ccnnc1. The standard InChI is InChI=1S/C13H11N3O2S/c17-6-1-2-10-4-7-19-12(10)9-14-13(18)11-3-5-15-16-8-11/h3-5,7-8,17H,6,9H2,(H,14,18). The third-order valence-corrected chi connectivity index (χ3v) is 3.22. The molecule has 0 saturated heterocycles. The van der Waals surface area contributed by atoms with Gasteiger partial charge < -0.3 is 10.4 Å². The Kier molecular flexibility index (Phi) is 4.61. The lowest BCUT2D eigenvalue weighted by atomic mass is 10.2. The summed E-state index contributed by atoms with van der Waals surface area (Å²) in [6.07, 6.45) is 2.88. The predicted octanol–water partition coefficient (Wildman–Crippen LogP) is 0.812. The lowest BCUT2D eigenvalue weighted by Gasteiger charge is -2.03. The third kappa shape index (κ3) is 3.61. The lowest BCUT2D eigenvalue weighted by molar-refractivity contribution is 0.0950. The first-order chi connectivity index (χ1) is 9.31. The fourth-order valence-electron chi connectivity index (χ4n) is 1.41. The van der Waals surface area contributed by atoms with Gasteiger partial charge in [0, 0.05) is 10.4 Å². The van der Waals surface area contributed by atoms with Crippen LogP contribution in [0.1, 0.15) is 20.8 Å². The molecule has 0 aliphatic rings. The summed E-state index contributed by atoms with van der Waals surface area (Å²) in [6.45, 7) is 0.221. The van der Waals surface area contributed by atoms with Crippen LogP contribution < -0.4 is 5.32 Å². The van der Waals surface area contributed by atoms with Crippen molar-refractivity contribution in [2.45, 2.75) is 6.54 Å². The number of hydrogen-bond acceptors (Lipinski definition) is 5. The lowest BCUT2D eigenvalue weighted by Crippen LogP contribution is -2.22. The van der Waals surface area contributed by atoms with E-state index in [0.717, 1.165) is 10.4 Å². The van der Waals surface area contributed by atoms with Gasteiger partial charge in [-0.3, -0.25) is 4.79 Å². The van der Waals surface area contributed by atoms with E-state index < -0.39 is 0 Å². The van der Waals surface area contributed by atoms with Gasteiger partial charge in [-0.15, -0.1) is 11.3 Å². The highest BCUT2D eigenvalue weighted by atomic mass is 32.1. The van der Waals surface area contributed by atoms with E-state index in [1.807, 2.05) is 11.4 Å². The molecule has 0 fully saturated rings. The Morgan fingerprint density at radius 1 is 1.42 bits per heavy atom. The molecule has 2 N–H and O–H groups in total. The third-order valence-electron chi connectivity index (χ3n) is 2.30. The molecule has 0 aliphatic carbocycles. The van der Waals surface area contributed by atoms with Gasteiger partial charge in [0.2, 0.25) is 0 Å². The molecular formula is C13H11N3O2S. The van der Waals surface area contributed by atoms with Crippen LogP contribution in [0.15, 0.2) is 29.9 Å². The van der Waals surface area contributed by atoms with E-state index in [0.29, 0.717) is 12.1 Å². The maximum Gasteiger partial charge on any atom is 0.253 e. The number of nitrogens with zero attached hydrogens (tertiary/aromatic N) is 2. The van der Waals surface area contributed by atoms with Gasteiger partial charge in [0.05, 0.1) is 24.5 Å². The summed E-state index contributed by atoms with van der Waals surface area (Å²) in [5.74, 6) is 5.23. The van der Waals surface area contributed by atoms with Crippen molar-refractivity contribution in [3.63, 3.8) is 0 Å². The molecule has 6 heteroatoms.